The lowest BCUT2D eigenvalue weighted by Gasteiger charge is -2.48. The van der Waals surface area contributed by atoms with Crippen LogP contribution < -0.4 is 14.8 Å². The van der Waals surface area contributed by atoms with E-state index in [1.54, 1.807) is 14.2 Å². The average molecular weight is 328 g/mol. The van der Waals surface area contributed by atoms with Gasteiger partial charge in [-0.15, -0.1) is 12.4 Å². The fourth-order valence-corrected chi connectivity index (χ4v) is 4.11. The molecule has 1 heterocycles. The minimum Gasteiger partial charge on any atom is -0.493 e. The van der Waals surface area contributed by atoms with Crippen molar-refractivity contribution >= 4 is 12.4 Å². The molecule has 22 heavy (non-hydrogen) atoms. The molecule has 0 amide bonds. The maximum atomic E-state index is 11.0. The van der Waals surface area contributed by atoms with E-state index in [1.165, 1.54) is 6.42 Å². The van der Waals surface area contributed by atoms with E-state index < -0.39 is 5.60 Å². The summed E-state index contributed by atoms with van der Waals surface area (Å²) in [6.45, 7) is 0.845. The molecule has 4 nitrogen and oxygen atoms in total. The number of hydrogen-bond donors (Lipinski definition) is 2. The molecule has 1 aromatic rings. The van der Waals surface area contributed by atoms with Gasteiger partial charge in [-0.2, -0.15) is 0 Å². The summed E-state index contributed by atoms with van der Waals surface area (Å²) >= 11 is 0. The zero-order chi connectivity index (χ0) is 14.9. The lowest BCUT2D eigenvalue weighted by molar-refractivity contribution is -0.0863. The number of para-hydroxylation sites is 1. The van der Waals surface area contributed by atoms with E-state index in [0.29, 0.717) is 0 Å². The van der Waals surface area contributed by atoms with Crippen molar-refractivity contribution in [1.29, 1.82) is 0 Å². The molecule has 1 saturated heterocycles. The summed E-state index contributed by atoms with van der Waals surface area (Å²) in [6.07, 6.45) is 5.16. The van der Waals surface area contributed by atoms with E-state index >= 15 is 0 Å². The van der Waals surface area contributed by atoms with Gasteiger partial charge in [-0.3, -0.25) is 0 Å². The standard InChI is InChI=1S/C17H25NO3.ClH/c1-20-14-8-5-6-12(16(14)21-2)15-13-7-3-4-9-17(13,19)10-11-18-15;/h5-6,8,13,15,18-19H,3-4,7,9-11H2,1-2H3;1H. The Morgan fingerprint density at radius 1 is 1.18 bits per heavy atom. The van der Waals surface area contributed by atoms with Gasteiger partial charge in [-0.1, -0.05) is 25.0 Å². The second-order valence-electron chi connectivity index (χ2n) is 6.22. The molecule has 3 unspecified atom stereocenters. The maximum Gasteiger partial charge on any atom is 0.165 e. The molecule has 5 heteroatoms. The maximum absolute atomic E-state index is 11.0. The third-order valence-corrected chi connectivity index (χ3v) is 5.16. The summed E-state index contributed by atoms with van der Waals surface area (Å²) in [6, 6.07) is 6.13. The molecule has 0 radical (unpaired) electrons. The smallest absolute Gasteiger partial charge is 0.165 e. The van der Waals surface area contributed by atoms with Crippen LogP contribution in [0.1, 0.15) is 43.7 Å². The first-order chi connectivity index (χ1) is 10.2. The predicted octanol–water partition coefficient (Wildman–Crippen LogP) is 3.08. The van der Waals surface area contributed by atoms with Crippen LogP contribution in [0.25, 0.3) is 0 Å². The Balaban J connectivity index is 0.00000176. The topological polar surface area (TPSA) is 50.7 Å². The summed E-state index contributed by atoms with van der Waals surface area (Å²) in [5.74, 6) is 1.79. The molecule has 3 rings (SSSR count). The monoisotopic (exact) mass is 327 g/mol. The van der Waals surface area contributed by atoms with Gasteiger partial charge in [0.25, 0.3) is 0 Å². The van der Waals surface area contributed by atoms with Crippen molar-refractivity contribution in [1.82, 2.24) is 5.32 Å². The van der Waals surface area contributed by atoms with Crippen LogP contribution in [0.2, 0.25) is 0 Å². The first-order valence-electron chi connectivity index (χ1n) is 7.86. The largest absolute Gasteiger partial charge is 0.493 e. The van der Waals surface area contributed by atoms with Crippen LogP contribution in [-0.2, 0) is 0 Å². The molecule has 2 aliphatic rings. The highest BCUT2D eigenvalue weighted by Gasteiger charge is 2.46. The summed E-state index contributed by atoms with van der Waals surface area (Å²) in [4.78, 5) is 0. The molecule has 1 aliphatic heterocycles. The van der Waals surface area contributed by atoms with Crippen molar-refractivity contribution < 1.29 is 14.6 Å². The minimum atomic E-state index is -0.526. The lowest BCUT2D eigenvalue weighted by Crippen LogP contribution is -2.53. The molecule has 124 valence electrons. The van der Waals surface area contributed by atoms with Crippen LogP contribution >= 0.6 is 12.4 Å². The van der Waals surface area contributed by atoms with Crippen molar-refractivity contribution in [2.75, 3.05) is 20.8 Å². The summed E-state index contributed by atoms with van der Waals surface area (Å²) in [7, 11) is 3.34. The Kier molecular flexibility index (Phi) is 5.59. The van der Waals surface area contributed by atoms with Crippen LogP contribution in [0.3, 0.4) is 0 Å². The SMILES string of the molecule is COc1cccc(C2NCCC3(O)CCCCC23)c1OC.Cl. The summed E-state index contributed by atoms with van der Waals surface area (Å²) in [5, 5.41) is 14.6. The highest BCUT2D eigenvalue weighted by Crippen LogP contribution is 2.48. The number of fused-ring (bicyclic) bond motifs is 1. The number of rotatable bonds is 3. The van der Waals surface area contributed by atoms with Crippen molar-refractivity contribution in [2.45, 2.75) is 43.7 Å². The van der Waals surface area contributed by atoms with Crippen molar-refractivity contribution in [3.8, 4) is 11.5 Å². The molecule has 1 aromatic carbocycles. The van der Waals surface area contributed by atoms with E-state index in [0.717, 1.165) is 49.3 Å². The van der Waals surface area contributed by atoms with E-state index in [9.17, 15) is 5.11 Å². The molecule has 0 bridgehead atoms. The van der Waals surface area contributed by atoms with Crippen LogP contribution in [0.15, 0.2) is 18.2 Å². The fourth-order valence-electron chi connectivity index (χ4n) is 4.11. The van der Waals surface area contributed by atoms with Crippen molar-refractivity contribution in [2.24, 2.45) is 5.92 Å². The van der Waals surface area contributed by atoms with Gasteiger partial charge >= 0.3 is 0 Å². The van der Waals surface area contributed by atoms with Gasteiger partial charge in [-0.25, -0.2) is 0 Å². The van der Waals surface area contributed by atoms with E-state index in [1.807, 2.05) is 12.1 Å². The number of hydrogen-bond acceptors (Lipinski definition) is 4. The minimum absolute atomic E-state index is 0. The van der Waals surface area contributed by atoms with Gasteiger partial charge in [0.15, 0.2) is 11.5 Å². The average Bonchev–Trinajstić information content (AvgIpc) is 2.52. The highest BCUT2D eigenvalue weighted by molar-refractivity contribution is 5.85. The molecule has 2 fully saturated rings. The van der Waals surface area contributed by atoms with E-state index in [4.69, 9.17) is 9.47 Å². The van der Waals surface area contributed by atoms with Gasteiger partial charge in [0, 0.05) is 17.5 Å². The molecule has 3 atom stereocenters. The lowest BCUT2D eigenvalue weighted by atomic mass is 9.66. The number of piperidine rings is 1. The molecule has 0 spiro atoms. The molecule has 2 N–H and O–H groups in total. The van der Waals surface area contributed by atoms with Crippen LogP contribution in [0.5, 0.6) is 11.5 Å². The predicted molar refractivity (Wildman–Crippen MR) is 89.1 cm³/mol. The van der Waals surface area contributed by atoms with Crippen molar-refractivity contribution in [3.05, 3.63) is 23.8 Å². The normalized spacial score (nSPS) is 30.9. The Bertz CT molecular complexity index is 507. The van der Waals surface area contributed by atoms with Gasteiger partial charge in [0.05, 0.1) is 19.8 Å². The van der Waals surface area contributed by atoms with Gasteiger partial charge in [0.2, 0.25) is 0 Å². The number of methoxy groups -OCH3 is 2. The summed E-state index contributed by atoms with van der Waals surface area (Å²) in [5.41, 5.74) is 0.573. The number of nitrogens with one attached hydrogen (secondary N) is 1. The molecule has 1 aliphatic carbocycles. The van der Waals surface area contributed by atoms with E-state index in [2.05, 4.69) is 11.4 Å². The third-order valence-electron chi connectivity index (χ3n) is 5.16. The van der Waals surface area contributed by atoms with E-state index in [-0.39, 0.29) is 24.4 Å². The van der Waals surface area contributed by atoms with Gasteiger partial charge in [0.1, 0.15) is 0 Å². The third kappa shape index (κ3) is 2.92. The second-order valence-corrected chi connectivity index (χ2v) is 6.22. The first kappa shape index (κ1) is 17.4. The molecule has 0 aromatic heterocycles. The molecular weight excluding hydrogens is 302 g/mol. The van der Waals surface area contributed by atoms with Crippen LogP contribution in [-0.4, -0.2) is 31.5 Å². The number of benzene rings is 1. The zero-order valence-electron chi connectivity index (χ0n) is 13.3. The Hall–Kier alpha value is -0.970. The van der Waals surface area contributed by atoms with Crippen molar-refractivity contribution in [3.63, 3.8) is 0 Å². The zero-order valence-corrected chi connectivity index (χ0v) is 14.1. The first-order valence-corrected chi connectivity index (χ1v) is 7.86. The second kappa shape index (κ2) is 7.07. The fraction of sp³-hybridized carbons (Fsp3) is 0.647. The van der Waals surface area contributed by atoms with Crippen LogP contribution in [0.4, 0.5) is 0 Å². The number of aliphatic hydroxyl groups is 1. The Labute approximate surface area is 138 Å². The molecule has 1 saturated carbocycles. The summed E-state index contributed by atoms with van der Waals surface area (Å²) < 4.78 is 11.0. The quantitative estimate of drug-likeness (QED) is 0.895. The Morgan fingerprint density at radius 3 is 2.73 bits per heavy atom. The van der Waals surface area contributed by atoms with Gasteiger partial charge < -0.3 is 19.9 Å². The number of ether oxygens (including phenoxy) is 2. The number of halogens is 1. The van der Waals surface area contributed by atoms with Gasteiger partial charge in [-0.05, 0) is 31.9 Å². The Morgan fingerprint density at radius 2 is 2.00 bits per heavy atom. The molecular formula is C17H26ClNO3. The highest BCUT2D eigenvalue weighted by atomic mass is 35.5. The van der Waals surface area contributed by atoms with Crippen LogP contribution in [0, 0.1) is 5.92 Å².